The largest absolute Gasteiger partial charge is 0.462 e. The fourth-order valence-electron chi connectivity index (χ4n) is 2.50. The van der Waals surface area contributed by atoms with Gasteiger partial charge in [0.1, 0.15) is 11.4 Å². The monoisotopic (exact) mass is 353 g/mol. The highest BCUT2D eigenvalue weighted by Crippen LogP contribution is 2.19. The lowest BCUT2D eigenvalue weighted by molar-refractivity contribution is 0.0527. The molecule has 3 aromatic rings. The first kappa shape index (κ1) is 17.5. The average molecular weight is 353 g/mol. The van der Waals surface area contributed by atoms with Crippen LogP contribution in [-0.2, 0) is 11.8 Å². The number of esters is 1. The normalized spacial score (nSPS) is 10.8. The molecule has 0 bridgehead atoms. The Morgan fingerprint density at radius 2 is 1.85 bits per heavy atom. The van der Waals surface area contributed by atoms with Crippen molar-refractivity contribution in [3.05, 3.63) is 46.9 Å². The van der Waals surface area contributed by atoms with Crippen LogP contribution < -0.4 is 5.32 Å². The zero-order chi connectivity index (χ0) is 18.8. The van der Waals surface area contributed by atoms with E-state index in [4.69, 9.17) is 4.74 Å². The molecule has 0 saturated heterocycles. The number of nitrogens with zero attached hydrogens (tertiary/aromatic N) is 4. The molecule has 134 valence electrons. The van der Waals surface area contributed by atoms with E-state index in [1.165, 1.54) is 10.9 Å². The van der Waals surface area contributed by atoms with Crippen molar-refractivity contribution in [1.82, 2.24) is 19.7 Å². The Balaban J connectivity index is 1.91. The van der Waals surface area contributed by atoms with Gasteiger partial charge in [0.2, 0.25) is 0 Å². The summed E-state index contributed by atoms with van der Waals surface area (Å²) in [7, 11) is 1.64. The Hall–Kier alpha value is -3.29. The van der Waals surface area contributed by atoms with Gasteiger partial charge >= 0.3 is 5.97 Å². The van der Waals surface area contributed by atoms with E-state index in [1.807, 2.05) is 13.8 Å². The van der Waals surface area contributed by atoms with Gasteiger partial charge in [-0.05, 0) is 39.0 Å². The van der Waals surface area contributed by atoms with Crippen molar-refractivity contribution in [3.8, 4) is 0 Å². The van der Waals surface area contributed by atoms with Crippen molar-refractivity contribution < 1.29 is 14.3 Å². The number of aryl methyl sites for hydroxylation is 3. The first-order chi connectivity index (χ1) is 12.4. The van der Waals surface area contributed by atoms with Gasteiger partial charge in [0.15, 0.2) is 0 Å². The van der Waals surface area contributed by atoms with Crippen LogP contribution in [0.3, 0.4) is 0 Å². The van der Waals surface area contributed by atoms with E-state index in [0.29, 0.717) is 11.1 Å². The highest BCUT2D eigenvalue weighted by Gasteiger charge is 2.20. The molecule has 0 radical (unpaired) electrons. The fourth-order valence-corrected chi connectivity index (χ4v) is 2.50. The van der Waals surface area contributed by atoms with Crippen molar-refractivity contribution in [3.63, 3.8) is 0 Å². The zero-order valence-electron chi connectivity index (χ0n) is 15.0. The Morgan fingerprint density at radius 1 is 1.15 bits per heavy atom. The maximum absolute atomic E-state index is 12.6. The lowest BCUT2D eigenvalue weighted by Crippen LogP contribution is -2.17. The van der Waals surface area contributed by atoms with E-state index in [2.05, 4.69) is 20.4 Å². The SMILES string of the molecule is CCOC(=O)c1cnn(C)c1NC(=O)c1ccc2nc(C)c(C)nc2c1. The predicted octanol–water partition coefficient (Wildman–Crippen LogP) is 2.41. The Morgan fingerprint density at radius 3 is 2.54 bits per heavy atom. The van der Waals surface area contributed by atoms with Crippen LogP contribution in [0.1, 0.15) is 39.0 Å². The molecular weight excluding hydrogens is 334 g/mol. The molecule has 0 atom stereocenters. The van der Waals surface area contributed by atoms with E-state index in [9.17, 15) is 9.59 Å². The highest BCUT2D eigenvalue weighted by atomic mass is 16.5. The second kappa shape index (κ2) is 6.91. The highest BCUT2D eigenvalue weighted by molar-refractivity contribution is 6.08. The standard InChI is InChI=1S/C18H19N5O3/c1-5-26-18(25)13-9-19-23(4)16(13)22-17(24)12-6-7-14-15(8-12)21-11(3)10(2)20-14/h6-9H,5H2,1-4H3,(H,22,24). The van der Waals surface area contributed by atoms with Crippen LogP contribution in [0.15, 0.2) is 24.4 Å². The van der Waals surface area contributed by atoms with E-state index in [0.717, 1.165) is 16.9 Å². The van der Waals surface area contributed by atoms with Gasteiger partial charge in [-0.15, -0.1) is 0 Å². The number of fused-ring (bicyclic) bond motifs is 1. The molecule has 1 N–H and O–H groups in total. The smallest absolute Gasteiger partial charge is 0.343 e. The molecule has 0 spiro atoms. The minimum atomic E-state index is -0.536. The molecule has 0 saturated carbocycles. The van der Waals surface area contributed by atoms with E-state index < -0.39 is 5.97 Å². The van der Waals surface area contributed by atoms with Crippen molar-refractivity contribution >= 4 is 28.7 Å². The van der Waals surface area contributed by atoms with Gasteiger partial charge in [0.25, 0.3) is 5.91 Å². The Labute approximate surface area is 150 Å². The molecule has 0 unspecified atom stereocenters. The quantitative estimate of drug-likeness (QED) is 0.723. The molecule has 3 rings (SSSR count). The van der Waals surface area contributed by atoms with Gasteiger partial charge in [-0.1, -0.05) is 0 Å². The third-order valence-corrected chi connectivity index (χ3v) is 4.00. The molecule has 8 nitrogen and oxygen atoms in total. The van der Waals surface area contributed by atoms with Gasteiger partial charge in [0.05, 0.1) is 35.2 Å². The number of aromatic nitrogens is 4. The van der Waals surface area contributed by atoms with Crippen LogP contribution in [0.4, 0.5) is 5.82 Å². The molecule has 2 heterocycles. The summed E-state index contributed by atoms with van der Waals surface area (Å²) in [6.07, 6.45) is 1.37. The zero-order valence-corrected chi connectivity index (χ0v) is 15.0. The van der Waals surface area contributed by atoms with Crippen LogP contribution in [0.5, 0.6) is 0 Å². The molecule has 8 heteroatoms. The maximum Gasteiger partial charge on any atom is 0.343 e. The van der Waals surface area contributed by atoms with Crippen LogP contribution in [0.2, 0.25) is 0 Å². The number of amides is 1. The number of hydrogen-bond acceptors (Lipinski definition) is 6. The van der Waals surface area contributed by atoms with Crippen LogP contribution in [0.25, 0.3) is 11.0 Å². The van der Waals surface area contributed by atoms with E-state index in [-0.39, 0.29) is 23.9 Å². The number of anilines is 1. The summed E-state index contributed by atoms with van der Waals surface area (Å²) in [4.78, 5) is 33.6. The maximum atomic E-state index is 12.6. The summed E-state index contributed by atoms with van der Waals surface area (Å²) in [5, 5.41) is 6.73. The molecule has 26 heavy (non-hydrogen) atoms. The topological polar surface area (TPSA) is 99.0 Å². The molecule has 1 amide bonds. The summed E-state index contributed by atoms with van der Waals surface area (Å²) in [5.41, 5.74) is 3.63. The lowest BCUT2D eigenvalue weighted by atomic mass is 10.1. The van der Waals surface area contributed by atoms with Gasteiger partial charge < -0.3 is 10.1 Å². The molecular formula is C18H19N5O3. The summed E-state index contributed by atoms with van der Waals surface area (Å²) in [5.74, 6) is -0.632. The molecule has 0 aliphatic carbocycles. The number of ether oxygens (including phenoxy) is 1. The van der Waals surface area contributed by atoms with Crippen LogP contribution in [-0.4, -0.2) is 38.2 Å². The number of carbonyl (C=O) groups excluding carboxylic acids is 2. The number of nitrogens with one attached hydrogen (secondary N) is 1. The number of benzene rings is 1. The third-order valence-electron chi connectivity index (χ3n) is 4.00. The Kier molecular flexibility index (Phi) is 4.66. The lowest BCUT2D eigenvalue weighted by Gasteiger charge is -2.09. The summed E-state index contributed by atoms with van der Waals surface area (Å²) in [6, 6.07) is 5.09. The first-order valence-corrected chi connectivity index (χ1v) is 8.16. The van der Waals surface area contributed by atoms with E-state index in [1.54, 1.807) is 32.2 Å². The summed E-state index contributed by atoms with van der Waals surface area (Å²) in [6.45, 7) is 5.72. The molecule has 0 fully saturated rings. The van der Waals surface area contributed by atoms with Crippen LogP contribution in [0, 0.1) is 13.8 Å². The van der Waals surface area contributed by atoms with Crippen molar-refractivity contribution in [2.45, 2.75) is 20.8 Å². The summed E-state index contributed by atoms with van der Waals surface area (Å²) >= 11 is 0. The molecule has 0 aliphatic heterocycles. The number of hydrogen-bond donors (Lipinski definition) is 1. The van der Waals surface area contributed by atoms with Gasteiger partial charge in [0, 0.05) is 12.6 Å². The van der Waals surface area contributed by atoms with Gasteiger partial charge in [-0.25, -0.2) is 14.8 Å². The van der Waals surface area contributed by atoms with Crippen LogP contribution >= 0.6 is 0 Å². The predicted molar refractivity (Wildman–Crippen MR) is 96.1 cm³/mol. The number of carbonyl (C=O) groups is 2. The summed E-state index contributed by atoms with van der Waals surface area (Å²) < 4.78 is 6.40. The second-order valence-electron chi connectivity index (χ2n) is 5.80. The first-order valence-electron chi connectivity index (χ1n) is 8.16. The third kappa shape index (κ3) is 3.26. The van der Waals surface area contributed by atoms with Crippen molar-refractivity contribution in [2.24, 2.45) is 7.05 Å². The minimum absolute atomic E-state index is 0.203. The average Bonchev–Trinajstić information content (AvgIpc) is 2.96. The number of rotatable bonds is 4. The van der Waals surface area contributed by atoms with E-state index >= 15 is 0 Å². The molecule has 1 aromatic carbocycles. The van der Waals surface area contributed by atoms with Crippen molar-refractivity contribution in [2.75, 3.05) is 11.9 Å². The van der Waals surface area contributed by atoms with Crippen molar-refractivity contribution in [1.29, 1.82) is 0 Å². The van der Waals surface area contributed by atoms with Gasteiger partial charge in [-0.2, -0.15) is 5.10 Å². The minimum Gasteiger partial charge on any atom is -0.462 e. The molecule has 2 aromatic heterocycles. The second-order valence-corrected chi connectivity index (χ2v) is 5.80. The van der Waals surface area contributed by atoms with Gasteiger partial charge in [-0.3, -0.25) is 9.48 Å². The fraction of sp³-hybridized carbons (Fsp3) is 0.278. The Bertz CT molecular complexity index is 1010. The molecule has 0 aliphatic rings.